The van der Waals surface area contributed by atoms with Gasteiger partial charge in [-0.3, -0.25) is 14.6 Å². The molecule has 1 atom stereocenters. The summed E-state index contributed by atoms with van der Waals surface area (Å²) < 4.78 is 15.6. The zero-order chi connectivity index (χ0) is 19.4. The summed E-state index contributed by atoms with van der Waals surface area (Å²) in [5, 5.41) is 7.23. The number of hydrogen-bond acceptors (Lipinski definition) is 4. The third kappa shape index (κ3) is 4.73. The maximum Gasteiger partial charge on any atom is 0.242 e. The van der Waals surface area contributed by atoms with Crippen LogP contribution in [0.15, 0.2) is 36.5 Å². The normalized spacial score (nSPS) is 17.2. The van der Waals surface area contributed by atoms with Gasteiger partial charge in [0.25, 0.3) is 0 Å². The van der Waals surface area contributed by atoms with Crippen molar-refractivity contribution in [3.05, 3.63) is 47.9 Å². The molecule has 0 aliphatic carbocycles. The Morgan fingerprint density at radius 3 is 2.52 bits per heavy atom. The molecule has 1 aliphatic rings. The molecule has 1 saturated heterocycles. The number of benzene rings is 1. The van der Waals surface area contributed by atoms with Crippen molar-refractivity contribution in [2.24, 2.45) is 0 Å². The Morgan fingerprint density at radius 2 is 1.85 bits per heavy atom. The monoisotopic (exact) mass is 373 g/mol. The number of nitrogens with zero attached hydrogens (tertiary/aromatic N) is 4. The molecule has 1 aliphatic heterocycles. The van der Waals surface area contributed by atoms with E-state index >= 15 is 0 Å². The Bertz CT molecular complexity index is 767. The van der Waals surface area contributed by atoms with E-state index in [2.05, 4.69) is 20.2 Å². The van der Waals surface area contributed by atoms with Crippen LogP contribution in [0.4, 0.5) is 10.2 Å². The number of amides is 1. The fraction of sp³-hybridized carbons (Fsp3) is 0.500. The number of anilines is 1. The number of aromatic nitrogens is 2. The van der Waals surface area contributed by atoms with Gasteiger partial charge in [0.1, 0.15) is 11.6 Å². The second-order valence-electron chi connectivity index (χ2n) is 7.32. The lowest BCUT2D eigenvalue weighted by molar-refractivity contribution is -0.121. The molecule has 2 heterocycles. The lowest BCUT2D eigenvalue weighted by Crippen LogP contribution is -2.52. The van der Waals surface area contributed by atoms with Crippen LogP contribution >= 0.6 is 0 Å². The van der Waals surface area contributed by atoms with Crippen molar-refractivity contribution in [1.82, 2.24) is 19.6 Å². The maximum atomic E-state index is 13.8. The van der Waals surface area contributed by atoms with Gasteiger partial charge < -0.3 is 5.32 Å². The summed E-state index contributed by atoms with van der Waals surface area (Å²) in [5.41, 5.74) is 0.721. The van der Waals surface area contributed by atoms with Crippen LogP contribution in [0, 0.1) is 5.82 Å². The van der Waals surface area contributed by atoms with Crippen molar-refractivity contribution in [1.29, 1.82) is 0 Å². The molecular weight excluding hydrogens is 345 g/mol. The number of nitrogens with one attached hydrogen (secondary N) is 1. The van der Waals surface area contributed by atoms with Crippen LogP contribution in [0.5, 0.6) is 0 Å². The lowest BCUT2D eigenvalue weighted by atomic mass is 10.1. The standard InChI is InChI=1S/C20H28FN5O/c1-15(2)26-19(8-9-22-26)23-20(27)16(3)25-12-10-24(11-13-25)14-17-6-4-5-7-18(17)21/h4-9,15-16H,10-14H2,1-3H3,(H,23,27). The van der Waals surface area contributed by atoms with Gasteiger partial charge in [0.05, 0.1) is 12.2 Å². The molecule has 1 aromatic heterocycles. The summed E-state index contributed by atoms with van der Waals surface area (Å²) in [6.45, 7) is 9.79. The van der Waals surface area contributed by atoms with Gasteiger partial charge in [0, 0.05) is 50.4 Å². The average molecular weight is 373 g/mol. The minimum Gasteiger partial charge on any atom is -0.310 e. The van der Waals surface area contributed by atoms with E-state index in [1.54, 1.807) is 16.9 Å². The van der Waals surface area contributed by atoms with Crippen molar-refractivity contribution in [3.63, 3.8) is 0 Å². The smallest absolute Gasteiger partial charge is 0.242 e. The first-order chi connectivity index (χ1) is 13.0. The molecule has 1 aromatic carbocycles. The van der Waals surface area contributed by atoms with E-state index in [-0.39, 0.29) is 23.8 Å². The van der Waals surface area contributed by atoms with Gasteiger partial charge in [0.15, 0.2) is 0 Å². The van der Waals surface area contributed by atoms with Crippen LogP contribution in [0.2, 0.25) is 0 Å². The molecular formula is C20H28FN5O. The molecule has 146 valence electrons. The molecule has 0 saturated carbocycles. The highest BCUT2D eigenvalue weighted by Gasteiger charge is 2.26. The third-order valence-electron chi connectivity index (χ3n) is 5.10. The van der Waals surface area contributed by atoms with E-state index in [0.717, 1.165) is 37.6 Å². The summed E-state index contributed by atoms with van der Waals surface area (Å²) >= 11 is 0. The maximum absolute atomic E-state index is 13.8. The topological polar surface area (TPSA) is 53.4 Å². The van der Waals surface area contributed by atoms with Gasteiger partial charge >= 0.3 is 0 Å². The summed E-state index contributed by atoms with van der Waals surface area (Å²) in [4.78, 5) is 17.0. The van der Waals surface area contributed by atoms with E-state index < -0.39 is 0 Å². The van der Waals surface area contributed by atoms with Crippen molar-refractivity contribution in [3.8, 4) is 0 Å². The van der Waals surface area contributed by atoms with Crippen LogP contribution in [-0.2, 0) is 11.3 Å². The predicted molar refractivity (Wildman–Crippen MR) is 104 cm³/mol. The highest BCUT2D eigenvalue weighted by atomic mass is 19.1. The summed E-state index contributed by atoms with van der Waals surface area (Å²) in [6, 6.07) is 8.68. The van der Waals surface area contributed by atoms with Crippen LogP contribution in [0.25, 0.3) is 0 Å². The molecule has 3 rings (SSSR count). The minimum absolute atomic E-state index is 0.0278. The Morgan fingerprint density at radius 1 is 1.15 bits per heavy atom. The van der Waals surface area contributed by atoms with Gasteiger partial charge in [-0.25, -0.2) is 9.07 Å². The largest absolute Gasteiger partial charge is 0.310 e. The van der Waals surface area contributed by atoms with E-state index in [0.29, 0.717) is 6.54 Å². The molecule has 2 aromatic rings. The molecule has 1 amide bonds. The Hall–Kier alpha value is -2.25. The molecule has 1 unspecified atom stereocenters. The molecule has 0 radical (unpaired) electrons. The Kier molecular flexibility index (Phi) is 6.23. The predicted octanol–water partition coefficient (Wildman–Crippen LogP) is 2.75. The van der Waals surface area contributed by atoms with Crippen molar-refractivity contribution >= 4 is 11.7 Å². The quantitative estimate of drug-likeness (QED) is 0.846. The number of piperazine rings is 1. The fourth-order valence-electron chi connectivity index (χ4n) is 3.40. The van der Waals surface area contributed by atoms with Crippen molar-refractivity contribution < 1.29 is 9.18 Å². The minimum atomic E-state index is -0.226. The number of hydrogen-bond donors (Lipinski definition) is 1. The van der Waals surface area contributed by atoms with Crippen molar-refractivity contribution in [2.75, 3.05) is 31.5 Å². The fourth-order valence-corrected chi connectivity index (χ4v) is 3.40. The summed E-state index contributed by atoms with van der Waals surface area (Å²) in [5.74, 6) is 0.537. The second kappa shape index (κ2) is 8.63. The third-order valence-corrected chi connectivity index (χ3v) is 5.10. The molecule has 6 nitrogen and oxygen atoms in total. The van der Waals surface area contributed by atoms with Crippen LogP contribution < -0.4 is 5.32 Å². The highest BCUT2D eigenvalue weighted by molar-refractivity contribution is 5.93. The Labute approximate surface area is 160 Å². The number of carbonyl (C=O) groups is 1. The van der Waals surface area contributed by atoms with Gasteiger partial charge in [0.2, 0.25) is 5.91 Å². The summed E-state index contributed by atoms with van der Waals surface area (Å²) in [7, 11) is 0. The van der Waals surface area contributed by atoms with E-state index in [9.17, 15) is 9.18 Å². The first kappa shape index (κ1) is 19.5. The zero-order valence-corrected chi connectivity index (χ0v) is 16.2. The number of rotatable bonds is 6. The van der Waals surface area contributed by atoms with Crippen LogP contribution in [-0.4, -0.2) is 57.7 Å². The average Bonchev–Trinajstić information content (AvgIpc) is 3.12. The first-order valence-electron chi connectivity index (χ1n) is 9.50. The van der Waals surface area contributed by atoms with Gasteiger partial charge in [-0.1, -0.05) is 18.2 Å². The zero-order valence-electron chi connectivity index (χ0n) is 16.2. The molecule has 27 heavy (non-hydrogen) atoms. The van der Waals surface area contributed by atoms with Gasteiger partial charge in [-0.2, -0.15) is 5.10 Å². The van der Waals surface area contributed by atoms with E-state index in [1.165, 1.54) is 6.07 Å². The summed E-state index contributed by atoms with van der Waals surface area (Å²) in [6.07, 6.45) is 1.70. The molecule has 0 bridgehead atoms. The molecule has 0 spiro atoms. The van der Waals surface area contributed by atoms with E-state index in [4.69, 9.17) is 0 Å². The second-order valence-corrected chi connectivity index (χ2v) is 7.32. The van der Waals surface area contributed by atoms with E-state index in [1.807, 2.05) is 39.0 Å². The first-order valence-corrected chi connectivity index (χ1v) is 9.50. The molecule has 1 N–H and O–H groups in total. The van der Waals surface area contributed by atoms with Gasteiger partial charge in [-0.05, 0) is 26.8 Å². The van der Waals surface area contributed by atoms with Crippen LogP contribution in [0.1, 0.15) is 32.4 Å². The van der Waals surface area contributed by atoms with Gasteiger partial charge in [-0.15, -0.1) is 0 Å². The lowest BCUT2D eigenvalue weighted by Gasteiger charge is -2.37. The number of carbonyl (C=O) groups excluding carboxylic acids is 1. The van der Waals surface area contributed by atoms with Crippen molar-refractivity contribution in [2.45, 2.75) is 39.4 Å². The van der Waals surface area contributed by atoms with Crippen LogP contribution in [0.3, 0.4) is 0 Å². The molecule has 7 heteroatoms. The highest BCUT2D eigenvalue weighted by Crippen LogP contribution is 2.16. The SMILES string of the molecule is CC(C(=O)Nc1ccnn1C(C)C)N1CCN(Cc2ccccc2F)CC1. The Balaban J connectivity index is 1.52. The number of halogens is 1. The molecule has 1 fully saturated rings.